The van der Waals surface area contributed by atoms with Crippen LogP contribution in [0, 0.1) is 5.41 Å². The summed E-state index contributed by atoms with van der Waals surface area (Å²) in [6, 6.07) is 10.4. The Bertz CT molecular complexity index is 971. The van der Waals surface area contributed by atoms with Gasteiger partial charge in [-0.3, -0.25) is 4.79 Å². The van der Waals surface area contributed by atoms with Gasteiger partial charge in [0.25, 0.3) is 0 Å². The summed E-state index contributed by atoms with van der Waals surface area (Å²) in [5.41, 5.74) is 2.53. The predicted molar refractivity (Wildman–Crippen MR) is 102 cm³/mol. The van der Waals surface area contributed by atoms with Crippen LogP contribution >= 0.6 is 0 Å². The summed E-state index contributed by atoms with van der Waals surface area (Å²) in [7, 11) is 0. The molecule has 0 saturated carbocycles. The van der Waals surface area contributed by atoms with Crippen LogP contribution in [-0.2, 0) is 11.2 Å². The number of imidazole rings is 1. The average molecular weight is 362 g/mol. The summed E-state index contributed by atoms with van der Waals surface area (Å²) in [6.45, 7) is 3.20. The molecule has 1 spiro atoms. The highest BCUT2D eigenvalue weighted by Crippen LogP contribution is 2.42. The Morgan fingerprint density at radius 2 is 1.93 bits per heavy atom. The van der Waals surface area contributed by atoms with Crippen molar-refractivity contribution in [1.29, 1.82) is 0 Å². The molecule has 1 amide bonds. The summed E-state index contributed by atoms with van der Waals surface area (Å²) in [4.78, 5) is 33.4. The summed E-state index contributed by atoms with van der Waals surface area (Å²) >= 11 is 0. The van der Waals surface area contributed by atoms with Gasteiger partial charge in [0.1, 0.15) is 11.8 Å². The molecule has 1 atom stereocenters. The highest BCUT2D eigenvalue weighted by Gasteiger charge is 2.51. The van der Waals surface area contributed by atoms with Gasteiger partial charge in [-0.1, -0.05) is 30.3 Å². The molecule has 1 aromatic carbocycles. The van der Waals surface area contributed by atoms with E-state index in [1.54, 1.807) is 12.7 Å². The smallest absolute Gasteiger partial charge is 0.230 e. The summed E-state index contributed by atoms with van der Waals surface area (Å²) in [5, 5.41) is 0. The van der Waals surface area contributed by atoms with Crippen LogP contribution in [0.1, 0.15) is 18.4 Å². The number of nitrogens with zero attached hydrogens (tertiary/aromatic N) is 5. The lowest BCUT2D eigenvalue weighted by molar-refractivity contribution is -0.135. The topological polar surface area (TPSA) is 78.0 Å². The van der Waals surface area contributed by atoms with Gasteiger partial charge in [0.2, 0.25) is 5.91 Å². The second-order valence-corrected chi connectivity index (χ2v) is 7.53. The fourth-order valence-corrected chi connectivity index (χ4v) is 4.44. The maximum atomic E-state index is 13.2. The van der Waals surface area contributed by atoms with Crippen molar-refractivity contribution in [2.45, 2.75) is 19.3 Å². The lowest BCUT2D eigenvalue weighted by Gasteiger charge is -2.24. The van der Waals surface area contributed by atoms with Crippen molar-refractivity contribution < 1.29 is 4.79 Å². The second-order valence-electron chi connectivity index (χ2n) is 7.53. The summed E-state index contributed by atoms with van der Waals surface area (Å²) in [5.74, 6) is 1.15. The lowest BCUT2D eigenvalue weighted by Crippen LogP contribution is -2.38. The van der Waals surface area contributed by atoms with Crippen molar-refractivity contribution in [3.63, 3.8) is 0 Å². The molecule has 1 N–H and O–H groups in total. The Balaban J connectivity index is 1.30. The SMILES string of the molecule is O=C1N(CCc2ccccc2)CCC12CCN(c1ncnc3nc[nH]c13)C2. The zero-order valence-corrected chi connectivity index (χ0v) is 15.1. The van der Waals surface area contributed by atoms with E-state index < -0.39 is 0 Å². The monoisotopic (exact) mass is 362 g/mol. The number of carbonyl (C=O) groups is 1. The molecule has 3 aromatic rings. The number of rotatable bonds is 4. The summed E-state index contributed by atoms with van der Waals surface area (Å²) < 4.78 is 0. The number of benzene rings is 1. The minimum atomic E-state index is -0.270. The third-order valence-corrected chi connectivity index (χ3v) is 5.97. The highest BCUT2D eigenvalue weighted by molar-refractivity contribution is 5.88. The molecular formula is C20H22N6O. The first kappa shape index (κ1) is 16.2. The summed E-state index contributed by atoms with van der Waals surface area (Å²) in [6.07, 6.45) is 5.90. The fourth-order valence-electron chi connectivity index (χ4n) is 4.44. The molecule has 2 saturated heterocycles. The van der Waals surface area contributed by atoms with E-state index in [9.17, 15) is 4.79 Å². The molecule has 7 nitrogen and oxygen atoms in total. The van der Waals surface area contributed by atoms with Crippen molar-refractivity contribution in [2.24, 2.45) is 5.41 Å². The number of anilines is 1. The number of hydrogen-bond acceptors (Lipinski definition) is 5. The van der Waals surface area contributed by atoms with Crippen molar-refractivity contribution >= 4 is 22.9 Å². The number of fused-ring (bicyclic) bond motifs is 1. The molecule has 2 aliphatic heterocycles. The minimum absolute atomic E-state index is 0.270. The van der Waals surface area contributed by atoms with E-state index >= 15 is 0 Å². The molecule has 2 fully saturated rings. The molecule has 2 aliphatic rings. The largest absolute Gasteiger partial charge is 0.354 e. The molecule has 138 valence electrons. The maximum absolute atomic E-state index is 13.2. The Kier molecular flexibility index (Phi) is 3.81. The molecular weight excluding hydrogens is 340 g/mol. The normalized spacial score (nSPS) is 22.4. The Morgan fingerprint density at radius 1 is 1.07 bits per heavy atom. The number of carbonyl (C=O) groups excluding carboxylic acids is 1. The molecule has 7 heteroatoms. The Morgan fingerprint density at radius 3 is 2.81 bits per heavy atom. The van der Waals surface area contributed by atoms with Gasteiger partial charge >= 0.3 is 0 Å². The van der Waals surface area contributed by atoms with E-state index in [4.69, 9.17) is 0 Å². The average Bonchev–Trinajstić information content (AvgIpc) is 3.42. The van der Waals surface area contributed by atoms with Crippen LogP contribution in [0.25, 0.3) is 11.2 Å². The van der Waals surface area contributed by atoms with E-state index in [0.29, 0.717) is 11.6 Å². The molecule has 0 bridgehead atoms. The number of H-pyrrole nitrogens is 1. The number of nitrogens with one attached hydrogen (secondary N) is 1. The molecule has 0 aliphatic carbocycles. The first-order valence-corrected chi connectivity index (χ1v) is 9.48. The van der Waals surface area contributed by atoms with Crippen LogP contribution < -0.4 is 4.90 Å². The van der Waals surface area contributed by atoms with Crippen LogP contribution in [0.4, 0.5) is 5.82 Å². The predicted octanol–water partition coefficient (Wildman–Crippen LogP) is 2.02. The van der Waals surface area contributed by atoms with Crippen molar-refractivity contribution in [2.75, 3.05) is 31.1 Å². The third kappa shape index (κ3) is 2.74. The maximum Gasteiger partial charge on any atom is 0.230 e. The van der Waals surface area contributed by atoms with Gasteiger partial charge in [-0.2, -0.15) is 0 Å². The minimum Gasteiger partial charge on any atom is -0.354 e. The fraction of sp³-hybridized carbons (Fsp3) is 0.400. The number of hydrogen-bond donors (Lipinski definition) is 1. The van der Waals surface area contributed by atoms with Crippen LogP contribution in [0.15, 0.2) is 43.0 Å². The Hall–Kier alpha value is -2.96. The molecule has 5 rings (SSSR count). The van der Waals surface area contributed by atoms with Gasteiger partial charge in [-0.15, -0.1) is 0 Å². The zero-order valence-electron chi connectivity index (χ0n) is 15.1. The van der Waals surface area contributed by atoms with Gasteiger partial charge in [0, 0.05) is 26.2 Å². The Labute approximate surface area is 157 Å². The molecule has 2 aromatic heterocycles. The second kappa shape index (κ2) is 6.33. The van der Waals surface area contributed by atoms with E-state index in [0.717, 1.165) is 56.8 Å². The van der Waals surface area contributed by atoms with E-state index in [-0.39, 0.29) is 5.41 Å². The molecule has 4 heterocycles. The van der Waals surface area contributed by atoms with E-state index in [1.807, 2.05) is 11.0 Å². The van der Waals surface area contributed by atoms with Gasteiger partial charge in [0.15, 0.2) is 11.5 Å². The highest BCUT2D eigenvalue weighted by atomic mass is 16.2. The quantitative estimate of drug-likeness (QED) is 0.768. The van der Waals surface area contributed by atoms with Gasteiger partial charge in [-0.05, 0) is 24.8 Å². The van der Waals surface area contributed by atoms with Crippen LogP contribution in [-0.4, -0.2) is 56.9 Å². The number of aromatic amines is 1. The number of likely N-dealkylation sites (tertiary alicyclic amines) is 1. The molecule has 27 heavy (non-hydrogen) atoms. The number of aromatic nitrogens is 4. The lowest BCUT2D eigenvalue weighted by atomic mass is 9.85. The first-order valence-electron chi connectivity index (χ1n) is 9.48. The number of amides is 1. The van der Waals surface area contributed by atoms with Gasteiger partial charge in [-0.25, -0.2) is 15.0 Å². The van der Waals surface area contributed by atoms with Crippen LogP contribution in [0.2, 0.25) is 0 Å². The third-order valence-electron chi connectivity index (χ3n) is 5.97. The first-order chi connectivity index (χ1) is 13.3. The van der Waals surface area contributed by atoms with Crippen LogP contribution in [0.3, 0.4) is 0 Å². The zero-order chi connectivity index (χ0) is 18.3. The van der Waals surface area contributed by atoms with Gasteiger partial charge in [0.05, 0.1) is 11.7 Å². The molecule has 1 unspecified atom stereocenters. The van der Waals surface area contributed by atoms with Crippen molar-refractivity contribution in [1.82, 2.24) is 24.8 Å². The van der Waals surface area contributed by atoms with Crippen molar-refractivity contribution in [3.05, 3.63) is 48.5 Å². The van der Waals surface area contributed by atoms with E-state index in [1.165, 1.54) is 5.56 Å². The van der Waals surface area contributed by atoms with Gasteiger partial charge < -0.3 is 14.8 Å². The standard InChI is InChI=1S/C20H22N6O/c27-19-20(7-10-25(19)9-6-15-4-2-1-3-5-15)8-11-26(12-20)18-16-17(22-13-21-16)23-14-24-18/h1-5,13-14H,6-12H2,(H,21,22,23,24). The van der Waals surface area contributed by atoms with E-state index in [2.05, 4.69) is 49.1 Å². The van der Waals surface area contributed by atoms with Crippen LogP contribution in [0.5, 0.6) is 0 Å². The van der Waals surface area contributed by atoms with Crippen molar-refractivity contribution in [3.8, 4) is 0 Å². The molecule has 0 radical (unpaired) electrons.